The number of rotatable bonds is 3. The number of aryl methyl sites for hydroxylation is 1. The normalized spacial score (nSPS) is 21.4. The van der Waals surface area contributed by atoms with E-state index in [9.17, 15) is 0 Å². The molecule has 91 heavy (non-hydrogen) atoms. The fourth-order valence-electron chi connectivity index (χ4n) is 18.9. The molecule has 0 aromatic heterocycles. The number of benzene rings is 8. The number of fused-ring (bicyclic) bond motifs is 11. The minimum Gasteiger partial charge on any atom is -0.309 e. The van der Waals surface area contributed by atoms with Gasteiger partial charge >= 0.3 is 0 Å². The Morgan fingerprint density at radius 1 is 0.363 bits per heavy atom. The molecule has 7 aliphatic rings. The molecule has 0 fully saturated rings. The molecule has 0 saturated carbocycles. The molecule has 0 bridgehead atoms. The Hall–Kier alpha value is -6.90. The van der Waals surface area contributed by atoms with Gasteiger partial charge in [-0.3, -0.25) is 0 Å². The number of allylic oxidation sites excluding steroid dienone is 1. The molecule has 0 amide bonds. The molecule has 468 valence electrons. The van der Waals surface area contributed by atoms with Crippen molar-refractivity contribution in [1.29, 1.82) is 0 Å². The second kappa shape index (κ2) is 18.7. The van der Waals surface area contributed by atoms with Crippen LogP contribution in [0.4, 0.5) is 28.4 Å². The van der Waals surface area contributed by atoms with Crippen LogP contribution in [-0.4, -0.2) is 0 Å². The fraction of sp³-hybridized carbons (Fsp3) is 0.438. The highest BCUT2D eigenvalue weighted by Gasteiger charge is 2.52. The van der Waals surface area contributed by atoms with Crippen molar-refractivity contribution in [3.8, 4) is 11.1 Å². The summed E-state index contributed by atoms with van der Waals surface area (Å²) in [5.41, 5.74) is 38.5. The Morgan fingerprint density at radius 2 is 0.824 bits per heavy atom. The molecule has 0 saturated heterocycles. The van der Waals surface area contributed by atoms with Gasteiger partial charge in [0.2, 0.25) is 0 Å². The maximum Gasteiger partial charge on any atom is 0.0542 e. The molecular formula is C89H102N2. The molecule has 2 heterocycles. The van der Waals surface area contributed by atoms with E-state index in [1.165, 1.54) is 165 Å². The average Bonchev–Trinajstić information content (AvgIpc) is 1.68. The molecule has 0 radical (unpaired) electrons. The number of hydrogen-bond donors (Lipinski definition) is 0. The summed E-state index contributed by atoms with van der Waals surface area (Å²) in [6, 6.07) is 55.6. The Balaban J connectivity index is 1.06. The van der Waals surface area contributed by atoms with E-state index < -0.39 is 0 Å². The van der Waals surface area contributed by atoms with E-state index in [0.29, 0.717) is 0 Å². The highest BCUT2D eigenvalue weighted by atomic mass is 15.2. The summed E-state index contributed by atoms with van der Waals surface area (Å²) < 4.78 is 0. The highest BCUT2D eigenvalue weighted by molar-refractivity contribution is 6.04. The third-order valence-corrected chi connectivity index (χ3v) is 25.1. The van der Waals surface area contributed by atoms with E-state index in [4.69, 9.17) is 0 Å². The van der Waals surface area contributed by atoms with Gasteiger partial charge in [0.15, 0.2) is 0 Å². The summed E-state index contributed by atoms with van der Waals surface area (Å²) in [4.78, 5) is 5.58. The van der Waals surface area contributed by atoms with Gasteiger partial charge in [0.1, 0.15) is 0 Å². The maximum absolute atomic E-state index is 2.80. The van der Waals surface area contributed by atoms with Crippen molar-refractivity contribution in [3.05, 3.63) is 245 Å². The largest absolute Gasteiger partial charge is 0.309 e. The molecule has 2 nitrogen and oxygen atoms in total. The highest BCUT2D eigenvalue weighted by Crippen LogP contribution is 2.67. The molecule has 1 atom stereocenters. The monoisotopic (exact) mass is 1200 g/mol. The lowest BCUT2D eigenvalue weighted by Gasteiger charge is -2.50. The smallest absolute Gasteiger partial charge is 0.0542 e. The molecule has 8 aromatic carbocycles. The summed E-state index contributed by atoms with van der Waals surface area (Å²) in [6.07, 6.45) is 5.61. The quantitative estimate of drug-likeness (QED) is 0.174. The van der Waals surface area contributed by atoms with Gasteiger partial charge in [-0.2, -0.15) is 0 Å². The van der Waals surface area contributed by atoms with Crippen molar-refractivity contribution < 1.29 is 0 Å². The Labute approximate surface area is 548 Å². The molecule has 0 N–H and O–H groups in total. The second-order valence-electron chi connectivity index (χ2n) is 36.4. The lowest BCUT2D eigenvalue weighted by atomic mass is 9.55. The van der Waals surface area contributed by atoms with Gasteiger partial charge < -0.3 is 9.80 Å². The summed E-state index contributed by atoms with van der Waals surface area (Å²) in [7, 11) is 0. The van der Waals surface area contributed by atoms with Gasteiger partial charge in [0.05, 0.1) is 28.4 Å². The van der Waals surface area contributed by atoms with Crippen molar-refractivity contribution >= 4 is 34.1 Å². The lowest BCUT2D eigenvalue weighted by Crippen LogP contribution is -2.41. The Bertz CT molecular complexity index is 4520. The van der Waals surface area contributed by atoms with Gasteiger partial charge in [-0.1, -0.05) is 237 Å². The predicted octanol–water partition coefficient (Wildman–Crippen LogP) is 23.9. The maximum atomic E-state index is 2.80. The fourth-order valence-corrected chi connectivity index (χ4v) is 18.9. The zero-order valence-corrected chi connectivity index (χ0v) is 59.7. The van der Waals surface area contributed by atoms with E-state index in [-0.39, 0.29) is 60.1 Å². The van der Waals surface area contributed by atoms with E-state index in [0.717, 1.165) is 12.8 Å². The van der Waals surface area contributed by atoms with E-state index >= 15 is 0 Å². The van der Waals surface area contributed by atoms with Crippen LogP contribution in [0.1, 0.15) is 290 Å². The molecule has 5 aliphatic carbocycles. The average molecular weight is 1200 g/mol. The Morgan fingerprint density at radius 3 is 1.37 bits per heavy atom. The van der Waals surface area contributed by atoms with Gasteiger partial charge in [-0.25, -0.2) is 0 Å². The minimum atomic E-state index is -0.296. The molecule has 2 heteroatoms. The Kier molecular flexibility index (Phi) is 12.4. The van der Waals surface area contributed by atoms with Crippen molar-refractivity contribution in [2.45, 2.75) is 251 Å². The van der Waals surface area contributed by atoms with Gasteiger partial charge in [0, 0.05) is 50.0 Å². The first-order valence-electron chi connectivity index (χ1n) is 34.8. The first kappa shape index (κ1) is 60.3. The molecule has 2 aliphatic heterocycles. The van der Waals surface area contributed by atoms with Crippen LogP contribution >= 0.6 is 0 Å². The third kappa shape index (κ3) is 8.47. The van der Waals surface area contributed by atoms with Crippen LogP contribution in [0.2, 0.25) is 0 Å². The van der Waals surface area contributed by atoms with Crippen molar-refractivity contribution in [3.63, 3.8) is 0 Å². The summed E-state index contributed by atoms with van der Waals surface area (Å²) in [6.45, 7) is 56.7. The first-order chi connectivity index (χ1) is 42.3. The molecule has 15 rings (SSSR count). The number of hydrogen-bond acceptors (Lipinski definition) is 2. The van der Waals surface area contributed by atoms with E-state index in [1.807, 2.05) is 0 Å². The molecular weight excluding hydrogens is 1100 g/mol. The molecule has 1 unspecified atom stereocenters. The van der Waals surface area contributed by atoms with Crippen molar-refractivity contribution in [2.24, 2.45) is 0 Å². The SMILES string of the molecule is Cc1cc2c3c(c1)N(c1ccc(C(C)(C)C)cc1-c1ccc(C(C)(C)C)cc1)c1cc4c(cc1C3C1=C(c3cc5c(cc3C1)C(C)(C)c1ccccc1C5(C)C)N2c1ccc2c(c1)C(C)(C)CCC2(C)C)C(C)(C)c1cc2c(cc1C4(C)C)C(C)(C)CCC2(C)C. The van der Waals surface area contributed by atoms with Crippen LogP contribution in [0.15, 0.2) is 139 Å². The zero-order chi connectivity index (χ0) is 65.0. The molecule has 0 spiro atoms. The predicted molar refractivity (Wildman–Crippen MR) is 388 cm³/mol. The number of nitrogens with zero attached hydrogens (tertiary/aromatic N) is 2. The second-order valence-corrected chi connectivity index (χ2v) is 36.4. The van der Waals surface area contributed by atoms with Crippen LogP contribution in [-0.2, 0) is 60.6 Å². The van der Waals surface area contributed by atoms with Crippen LogP contribution in [0, 0.1) is 6.92 Å². The summed E-state index contributed by atoms with van der Waals surface area (Å²) in [5.74, 6) is -0.0176. The van der Waals surface area contributed by atoms with Crippen molar-refractivity contribution in [1.82, 2.24) is 0 Å². The first-order valence-corrected chi connectivity index (χ1v) is 34.8. The third-order valence-electron chi connectivity index (χ3n) is 25.1. The van der Waals surface area contributed by atoms with Gasteiger partial charge in [-0.15, -0.1) is 0 Å². The van der Waals surface area contributed by atoms with Gasteiger partial charge in [-0.05, 0) is 226 Å². The lowest BCUT2D eigenvalue weighted by molar-refractivity contribution is 0.329. The number of anilines is 5. The van der Waals surface area contributed by atoms with Gasteiger partial charge in [0.25, 0.3) is 0 Å². The topological polar surface area (TPSA) is 6.48 Å². The van der Waals surface area contributed by atoms with Crippen LogP contribution in [0.5, 0.6) is 0 Å². The standard InChI is InChI=1S/C89H102N2/c1-51-40-75-78-76(41-51)91(73-35-32-55(81(5,6)7)44-57(73)52-28-30-54(31-29-52)80(2,3)4)74-50-72-69(88(20,21)70-48-65-66(49-71(70)89(72,22)23)85(14,15)39-38-84(65,12)13)47-59(74)77(78)60-42-53-43-67-68(87(18,19)63-27-25-24-26-62(63)86(67,16)17)46-58(53)79(60)90(75)56-33-34-61-64(45-56)83(10,11)37-36-82(61,8)9/h24-35,40-41,43-50,77H,36-39,42H2,1-23H3. The summed E-state index contributed by atoms with van der Waals surface area (Å²) >= 11 is 0. The van der Waals surface area contributed by atoms with E-state index in [1.54, 1.807) is 11.1 Å². The van der Waals surface area contributed by atoms with Crippen LogP contribution in [0.3, 0.4) is 0 Å². The zero-order valence-electron chi connectivity index (χ0n) is 59.7. The van der Waals surface area contributed by atoms with Crippen molar-refractivity contribution in [2.75, 3.05) is 9.80 Å². The minimum absolute atomic E-state index is 0.0176. The van der Waals surface area contributed by atoms with Crippen LogP contribution in [0.25, 0.3) is 16.8 Å². The summed E-state index contributed by atoms with van der Waals surface area (Å²) in [5, 5.41) is 0. The van der Waals surface area contributed by atoms with Crippen LogP contribution < -0.4 is 9.80 Å². The molecule has 8 aromatic rings. The van der Waals surface area contributed by atoms with E-state index in [2.05, 4.69) is 303 Å².